The molecule has 130 valence electrons. The molecule has 1 aliphatic rings. The van der Waals surface area contributed by atoms with Gasteiger partial charge < -0.3 is 10.2 Å². The zero-order valence-corrected chi connectivity index (χ0v) is 15.3. The number of hydrogen-bond donors (Lipinski definition) is 1. The molecule has 3 rings (SSSR count). The molecule has 1 amide bonds. The average Bonchev–Trinajstić information content (AvgIpc) is 2.93. The maximum Gasteiger partial charge on any atom is 0.274 e. The molecule has 2 heterocycles. The second-order valence-corrected chi connectivity index (χ2v) is 6.11. The van der Waals surface area contributed by atoms with Gasteiger partial charge in [0, 0.05) is 32.4 Å². The first-order chi connectivity index (χ1) is 11.1. The summed E-state index contributed by atoms with van der Waals surface area (Å²) < 4.78 is 1.75. The molecule has 0 radical (unpaired) electrons. The smallest absolute Gasteiger partial charge is 0.274 e. The average molecular weight is 349 g/mol. The molecule has 1 unspecified atom stereocenters. The molecule has 0 aliphatic carbocycles. The molecule has 6 heteroatoms. The molecule has 0 saturated carbocycles. The Morgan fingerprint density at radius 2 is 2.04 bits per heavy atom. The number of carbonyl (C=O) groups is 1. The van der Waals surface area contributed by atoms with Crippen LogP contribution in [0.4, 0.5) is 0 Å². The standard InChI is InChI=1S/C18H24N4O.ClH/c1-4-14-5-7-15(8-6-14)17-12-19-9-10-22(17)18(23)16-11-13(2)21(3)20-16;/h5-8,11,17,19H,4,9-10,12H2,1-3H3;1H. The zero-order chi connectivity index (χ0) is 16.4. The Hall–Kier alpha value is -1.85. The Labute approximate surface area is 149 Å². The fourth-order valence-corrected chi connectivity index (χ4v) is 3.03. The van der Waals surface area contributed by atoms with Crippen molar-refractivity contribution in [1.29, 1.82) is 0 Å². The highest BCUT2D eigenvalue weighted by molar-refractivity contribution is 5.92. The van der Waals surface area contributed by atoms with Crippen molar-refractivity contribution < 1.29 is 4.79 Å². The maximum absolute atomic E-state index is 12.9. The summed E-state index contributed by atoms with van der Waals surface area (Å²) in [7, 11) is 1.87. The molecule has 0 bridgehead atoms. The Morgan fingerprint density at radius 1 is 1.33 bits per heavy atom. The minimum atomic E-state index is 0. The van der Waals surface area contributed by atoms with Crippen LogP contribution >= 0.6 is 12.4 Å². The summed E-state index contributed by atoms with van der Waals surface area (Å²) >= 11 is 0. The topological polar surface area (TPSA) is 50.2 Å². The number of carbonyl (C=O) groups excluding carboxylic acids is 1. The van der Waals surface area contributed by atoms with E-state index < -0.39 is 0 Å². The van der Waals surface area contributed by atoms with Crippen LogP contribution in [-0.4, -0.2) is 40.2 Å². The van der Waals surface area contributed by atoms with Gasteiger partial charge in [-0.2, -0.15) is 5.10 Å². The molecule has 1 aliphatic heterocycles. The number of nitrogens with one attached hydrogen (secondary N) is 1. The van der Waals surface area contributed by atoms with Gasteiger partial charge in [0.05, 0.1) is 6.04 Å². The first kappa shape index (κ1) is 18.5. The molecule has 1 atom stereocenters. The number of amides is 1. The Kier molecular flexibility index (Phi) is 6.02. The third-order valence-corrected chi connectivity index (χ3v) is 4.61. The minimum Gasteiger partial charge on any atom is -0.328 e. The zero-order valence-electron chi connectivity index (χ0n) is 14.5. The lowest BCUT2D eigenvalue weighted by molar-refractivity contribution is 0.0627. The van der Waals surface area contributed by atoms with Gasteiger partial charge >= 0.3 is 0 Å². The van der Waals surface area contributed by atoms with Crippen molar-refractivity contribution in [3.63, 3.8) is 0 Å². The lowest BCUT2D eigenvalue weighted by Crippen LogP contribution is -2.48. The van der Waals surface area contributed by atoms with Crippen LogP contribution in [0.1, 0.15) is 40.3 Å². The number of piperazine rings is 1. The molecule has 1 aromatic heterocycles. The van der Waals surface area contributed by atoms with E-state index in [1.54, 1.807) is 4.68 Å². The van der Waals surface area contributed by atoms with E-state index in [4.69, 9.17) is 0 Å². The van der Waals surface area contributed by atoms with Gasteiger partial charge in [0.15, 0.2) is 5.69 Å². The SMILES string of the molecule is CCc1ccc(C2CNCCN2C(=O)c2cc(C)n(C)n2)cc1.Cl. The number of aromatic nitrogens is 2. The summed E-state index contributed by atoms with van der Waals surface area (Å²) in [5, 5.41) is 7.74. The van der Waals surface area contributed by atoms with Gasteiger partial charge in [0.1, 0.15) is 0 Å². The summed E-state index contributed by atoms with van der Waals surface area (Å²) in [6.07, 6.45) is 1.03. The van der Waals surface area contributed by atoms with E-state index in [1.807, 2.05) is 24.9 Å². The van der Waals surface area contributed by atoms with Crippen LogP contribution in [0.2, 0.25) is 0 Å². The van der Waals surface area contributed by atoms with E-state index in [0.717, 1.165) is 25.2 Å². The van der Waals surface area contributed by atoms with E-state index >= 15 is 0 Å². The van der Waals surface area contributed by atoms with Crippen molar-refractivity contribution in [2.24, 2.45) is 7.05 Å². The van der Waals surface area contributed by atoms with Gasteiger partial charge in [-0.05, 0) is 30.5 Å². The van der Waals surface area contributed by atoms with Gasteiger partial charge in [-0.1, -0.05) is 31.2 Å². The van der Waals surface area contributed by atoms with Crippen LogP contribution in [0.15, 0.2) is 30.3 Å². The Morgan fingerprint density at radius 3 is 2.62 bits per heavy atom. The molecule has 1 aromatic carbocycles. The molecular weight excluding hydrogens is 324 g/mol. The van der Waals surface area contributed by atoms with E-state index in [2.05, 4.69) is 41.6 Å². The molecule has 5 nitrogen and oxygen atoms in total. The second kappa shape index (κ2) is 7.81. The first-order valence-corrected chi connectivity index (χ1v) is 8.21. The molecular formula is C18H25ClN4O. The monoisotopic (exact) mass is 348 g/mol. The molecule has 0 spiro atoms. The van der Waals surface area contributed by atoms with Crippen molar-refractivity contribution in [2.45, 2.75) is 26.3 Å². The number of aryl methyl sites for hydroxylation is 3. The maximum atomic E-state index is 12.9. The van der Waals surface area contributed by atoms with E-state index in [9.17, 15) is 4.79 Å². The molecule has 1 N–H and O–H groups in total. The minimum absolute atomic E-state index is 0. The largest absolute Gasteiger partial charge is 0.328 e. The van der Waals surface area contributed by atoms with Crippen LogP contribution < -0.4 is 5.32 Å². The fraction of sp³-hybridized carbons (Fsp3) is 0.444. The molecule has 1 saturated heterocycles. The Balaban J connectivity index is 0.00000208. The highest BCUT2D eigenvalue weighted by atomic mass is 35.5. The van der Waals surface area contributed by atoms with E-state index in [1.165, 1.54) is 11.1 Å². The lowest BCUT2D eigenvalue weighted by Gasteiger charge is -2.36. The van der Waals surface area contributed by atoms with Crippen LogP contribution in [0, 0.1) is 6.92 Å². The van der Waals surface area contributed by atoms with Crippen molar-refractivity contribution in [3.05, 3.63) is 52.8 Å². The van der Waals surface area contributed by atoms with Gasteiger partial charge in [-0.3, -0.25) is 9.48 Å². The van der Waals surface area contributed by atoms with Gasteiger partial charge in [-0.25, -0.2) is 0 Å². The van der Waals surface area contributed by atoms with Gasteiger partial charge in [0.25, 0.3) is 5.91 Å². The summed E-state index contributed by atoms with van der Waals surface area (Å²) in [5.41, 5.74) is 4.01. The van der Waals surface area contributed by atoms with Gasteiger partial charge in [0.2, 0.25) is 0 Å². The lowest BCUT2D eigenvalue weighted by atomic mass is 10.0. The number of hydrogen-bond acceptors (Lipinski definition) is 3. The van der Waals surface area contributed by atoms with Crippen LogP contribution in [0.5, 0.6) is 0 Å². The molecule has 24 heavy (non-hydrogen) atoms. The number of rotatable bonds is 3. The van der Waals surface area contributed by atoms with Gasteiger partial charge in [-0.15, -0.1) is 12.4 Å². The van der Waals surface area contributed by atoms with Crippen LogP contribution in [0.3, 0.4) is 0 Å². The summed E-state index contributed by atoms with van der Waals surface area (Å²) in [5.74, 6) is 0.0137. The predicted molar refractivity (Wildman–Crippen MR) is 97.7 cm³/mol. The second-order valence-electron chi connectivity index (χ2n) is 6.11. The van der Waals surface area contributed by atoms with Crippen molar-refractivity contribution in [1.82, 2.24) is 20.0 Å². The molecule has 1 fully saturated rings. The van der Waals surface area contributed by atoms with Crippen molar-refractivity contribution >= 4 is 18.3 Å². The van der Waals surface area contributed by atoms with Crippen molar-refractivity contribution in [3.8, 4) is 0 Å². The highest BCUT2D eigenvalue weighted by Gasteiger charge is 2.29. The molecule has 2 aromatic rings. The summed E-state index contributed by atoms with van der Waals surface area (Å²) in [4.78, 5) is 14.8. The third-order valence-electron chi connectivity index (χ3n) is 4.61. The normalized spacial score (nSPS) is 17.5. The Bertz CT molecular complexity index is 676. The summed E-state index contributed by atoms with van der Waals surface area (Å²) in [6, 6.07) is 10.5. The van der Waals surface area contributed by atoms with Crippen molar-refractivity contribution in [2.75, 3.05) is 19.6 Å². The first-order valence-electron chi connectivity index (χ1n) is 8.21. The third kappa shape index (κ3) is 3.62. The van der Waals surface area contributed by atoms with E-state index in [0.29, 0.717) is 12.2 Å². The van der Waals surface area contributed by atoms with Crippen LogP contribution in [0.25, 0.3) is 0 Å². The predicted octanol–water partition coefficient (Wildman–Crippen LogP) is 2.50. The highest BCUT2D eigenvalue weighted by Crippen LogP contribution is 2.24. The number of nitrogens with zero attached hydrogens (tertiary/aromatic N) is 3. The summed E-state index contributed by atoms with van der Waals surface area (Å²) in [6.45, 7) is 6.41. The van der Waals surface area contributed by atoms with Crippen LogP contribution in [-0.2, 0) is 13.5 Å². The quantitative estimate of drug-likeness (QED) is 0.927. The van der Waals surface area contributed by atoms with E-state index in [-0.39, 0.29) is 24.4 Å². The number of benzene rings is 1. The number of halogens is 1. The fourth-order valence-electron chi connectivity index (χ4n) is 3.03.